The van der Waals surface area contributed by atoms with E-state index in [9.17, 15) is 0 Å². The summed E-state index contributed by atoms with van der Waals surface area (Å²) in [5.74, 6) is 0. The second-order valence-electron chi connectivity index (χ2n) is 4.60. The van der Waals surface area contributed by atoms with Gasteiger partial charge in [-0.15, -0.1) is 11.3 Å². The molecule has 1 saturated heterocycles. The molecular formula is C13H17N5S. The molecule has 0 bridgehead atoms. The molecule has 0 saturated carbocycles. The van der Waals surface area contributed by atoms with E-state index < -0.39 is 0 Å². The summed E-state index contributed by atoms with van der Waals surface area (Å²) in [4.78, 5) is 9.01. The maximum absolute atomic E-state index is 5.86. The molecule has 0 spiro atoms. The fraction of sp³-hybridized carbons (Fsp3) is 0.308. The van der Waals surface area contributed by atoms with Crippen LogP contribution in [0.1, 0.15) is 0 Å². The number of nitrogen functional groups attached to an aromatic ring is 2. The fourth-order valence-electron chi connectivity index (χ4n) is 2.29. The molecule has 1 aromatic heterocycles. The summed E-state index contributed by atoms with van der Waals surface area (Å²) < 4.78 is 0. The maximum Gasteiger partial charge on any atom is 0.185 e. The highest BCUT2D eigenvalue weighted by atomic mass is 32.1. The number of thiazole rings is 1. The van der Waals surface area contributed by atoms with Crippen molar-refractivity contribution < 1.29 is 0 Å². The standard InChI is InChI=1S/C13H17N5S/c14-11-2-1-10(9-12(11)15)17-4-6-18(7-5-17)13-16-3-8-19-13/h1-3,8-9H,4-7,14-15H2. The summed E-state index contributed by atoms with van der Waals surface area (Å²) in [5.41, 5.74) is 14.0. The third-order valence-electron chi connectivity index (χ3n) is 3.40. The van der Waals surface area contributed by atoms with Crippen molar-refractivity contribution in [2.24, 2.45) is 0 Å². The lowest BCUT2D eigenvalue weighted by atomic mass is 10.2. The highest BCUT2D eigenvalue weighted by Gasteiger charge is 2.19. The van der Waals surface area contributed by atoms with E-state index in [4.69, 9.17) is 11.5 Å². The van der Waals surface area contributed by atoms with E-state index in [2.05, 4.69) is 14.8 Å². The van der Waals surface area contributed by atoms with Crippen LogP contribution in [0.15, 0.2) is 29.8 Å². The van der Waals surface area contributed by atoms with Crippen molar-refractivity contribution in [3.63, 3.8) is 0 Å². The number of hydrogen-bond acceptors (Lipinski definition) is 6. The van der Waals surface area contributed by atoms with Gasteiger partial charge in [0.1, 0.15) is 0 Å². The molecule has 5 nitrogen and oxygen atoms in total. The molecule has 1 fully saturated rings. The van der Waals surface area contributed by atoms with Crippen LogP contribution in [0.25, 0.3) is 0 Å². The predicted molar refractivity (Wildman–Crippen MR) is 81.8 cm³/mol. The Kier molecular flexibility index (Phi) is 3.16. The van der Waals surface area contributed by atoms with E-state index in [0.29, 0.717) is 11.4 Å². The summed E-state index contributed by atoms with van der Waals surface area (Å²) in [6.07, 6.45) is 1.85. The van der Waals surface area contributed by atoms with Crippen molar-refractivity contribution in [3.05, 3.63) is 29.8 Å². The van der Waals surface area contributed by atoms with Crippen LogP contribution in [-0.2, 0) is 0 Å². The first-order chi connectivity index (χ1) is 9.24. The van der Waals surface area contributed by atoms with Crippen LogP contribution in [0.5, 0.6) is 0 Å². The summed E-state index contributed by atoms with van der Waals surface area (Å²) in [5, 5.41) is 3.12. The maximum atomic E-state index is 5.86. The van der Waals surface area contributed by atoms with Crippen LogP contribution in [0.3, 0.4) is 0 Å². The highest BCUT2D eigenvalue weighted by molar-refractivity contribution is 7.13. The normalized spacial score (nSPS) is 15.8. The minimum atomic E-state index is 0.644. The lowest BCUT2D eigenvalue weighted by Crippen LogP contribution is -2.46. The summed E-state index contributed by atoms with van der Waals surface area (Å²) >= 11 is 1.69. The van der Waals surface area contributed by atoms with E-state index >= 15 is 0 Å². The summed E-state index contributed by atoms with van der Waals surface area (Å²) in [6.45, 7) is 3.92. The number of nitrogens with zero attached hydrogens (tertiary/aromatic N) is 3. The molecule has 19 heavy (non-hydrogen) atoms. The van der Waals surface area contributed by atoms with Crippen molar-refractivity contribution in [1.82, 2.24) is 4.98 Å². The molecule has 2 heterocycles. The second kappa shape index (κ2) is 4.97. The first-order valence-corrected chi connectivity index (χ1v) is 7.16. The number of benzene rings is 1. The highest BCUT2D eigenvalue weighted by Crippen LogP contribution is 2.25. The molecule has 1 aliphatic rings. The summed E-state index contributed by atoms with van der Waals surface area (Å²) in [7, 11) is 0. The van der Waals surface area contributed by atoms with Gasteiger partial charge in [0.15, 0.2) is 5.13 Å². The van der Waals surface area contributed by atoms with Crippen LogP contribution >= 0.6 is 11.3 Å². The van der Waals surface area contributed by atoms with Crippen molar-refractivity contribution in [1.29, 1.82) is 0 Å². The monoisotopic (exact) mass is 275 g/mol. The van der Waals surface area contributed by atoms with Crippen LogP contribution < -0.4 is 21.3 Å². The molecule has 4 N–H and O–H groups in total. The number of piperazine rings is 1. The minimum Gasteiger partial charge on any atom is -0.397 e. The number of rotatable bonds is 2. The molecule has 1 aromatic carbocycles. The van der Waals surface area contributed by atoms with Gasteiger partial charge in [-0.05, 0) is 18.2 Å². The molecule has 6 heteroatoms. The number of aromatic nitrogens is 1. The predicted octanol–water partition coefficient (Wildman–Crippen LogP) is 1.63. The lowest BCUT2D eigenvalue weighted by Gasteiger charge is -2.36. The van der Waals surface area contributed by atoms with Crippen LogP contribution in [0.4, 0.5) is 22.2 Å². The SMILES string of the molecule is Nc1ccc(N2CCN(c3nccs3)CC2)cc1N. The van der Waals surface area contributed by atoms with Crippen LogP contribution in [-0.4, -0.2) is 31.2 Å². The Morgan fingerprint density at radius 1 is 1.00 bits per heavy atom. The first-order valence-electron chi connectivity index (χ1n) is 6.28. The van der Waals surface area contributed by atoms with Gasteiger partial charge in [-0.3, -0.25) is 0 Å². The van der Waals surface area contributed by atoms with Gasteiger partial charge < -0.3 is 21.3 Å². The van der Waals surface area contributed by atoms with Gasteiger partial charge in [0.25, 0.3) is 0 Å². The third kappa shape index (κ3) is 2.44. The zero-order chi connectivity index (χ0) is 13.2. The van der Waals surface area contributed by atoms with E-state index in [-0.39, 0.29) is 0 Å². The third-order valence-corrected chi connectivity index (χ3v) is 4.24. The second-order valence-corrected chi connectivity index (χ2v) is 5.48. The molecule has 1 aliphatic heterocycles. The Labute approximate surface area is 116 Å². The molecule has 0 amide bonds. The summed E-state index contributed by atoms with van der Waals surface area (Å²) in [6, 6.07) is 5.86. The van der Waals surface area contributed by atoms with E-state index in [1.54, 1.807) is 11.3 Å². The van der Waals surface area contributed by atoms with Gasteiger partial charge in [-0.1, -0.05) is 0 Å². The molecule has 0 aliphatic carbocycles. The minimum absolute atomic E-state index is 0.644. The van der Waals surface area contributed by atoms with E-state index in [0.717, 1.165) is 37.0 Å². The zero-order valence-corrected chi connectivity index (χ0v) is 11.4. The van der Waals surface area contributed by atoms with Crippen molar-refractivity contribution in [3.8, 4) is 0 Å². The molecule has 0 radical (unpaired) electrons. The Hall–Kier alpha value is -1.95. The van der Waals surface area contributed by atoms with E-state index in [1.807, 2.05) is 29.8 Å². The van der Waals surface area contributed by atoms with Gasteiger partial charge in [0.2, 0.25) is 0 Å². The molecular weight excluding hydrogens is 258 g/mol. The van der Waals surface area contributed by atoms with Crippen molar-refractivity contribution >= 4 is 33.5 Å². The quantitative estimate of drug-likeness (QED) is 0.815. The Bertz CT molecular complexity index is 546. The van der Waals surface area contributed by atoms with Crippen molar-refractivity contribution in [2.75, 3.05) is 47.4 Å². The van der Waals surface area contributed by atoms with Gasteiger partial charge in [-0.25, -0.2) is 4.98 Å². The number of nitrogens with two attached hydrogens (primary N) is 2. The molecule has 0 atom stereocenters. The van der Waals surface area contributed by atoms with Crippen LogP contribution in [0, 0.1) is 0 Å². The average molecular weight is 275 g/mol. The Morgan fingerprint density at radius 2 is 1.74 bits per heavy atom. The molecule has 2 aromatic rings. The first kappa shape index (κ1) is 12.1. The van der Waals surface area contributed by atoms with E-state index in [1.165, 1.54) is 0 Å². The molecule has 3 rings (SSSR count). The molecule has 100 valence electrons. The smallest absolute Gasteiger partial charge is 0.185 e. The van der Waals surface area contributed by atoms with Gasteiger partial charge in [0.05, 0.1) is 11.4 Å². The zero-order valence-electron chi connectivity index (χ0n) is 10.6. The Balaban J connectivity index is 1.68. The van der Waals surface area contributed by atoms with Gasteiger partial charge in [-0.2, -0.15) is 0 Å². The van der Waals surface area contributed by atoms with Gasteiger partial charge in [0, 0.05) is 43.4 Å². The number of hydrogen-bond donors (Lipinski definition) is 2. The van der Waals surface area contributed by atoms with Crippen LogP contribution in [0.2, 0.25) is 0 Å². The topological polar surface area (TPSA) is 71.4 Å². The van der Waals surface area contributed by atoms with Gasteiger partial charge >= 0.3 is 0 Å². The Morgan fingerprint density at radius 3 is 2.37 bits per heavy atom. The fourth-order valence-corrected chi connectivity index (χ4v) is 2.98. The van der Waals surface area contributed by atoms with Crippen molar-refractivity contribution in [2.45, 2.75) is 0 Å². The largest absolute Gasteiger partial charge is 0.397 e. The average Bonchev–Trinajstić information content (AvgIpc) is 2.96. The molecule has 0 unspecified atom stereocenters. The number of anilines is 4. The lowest BCUT2D eigenvalue weighted by molar-refractivity contribution is 0.652.